The molecular weight excluding hydrogens is 404 g/mol. The van der Waals surface area contributed by atoms with E-state index in [1.807, 2.05) is 0 Å². The number of alkyl halides is 1. The van der Waals surface area contributed by atoms with Crippen molar-refractivity contribution < 1.29 is 0 Å². The number of rotatable bonds is 4. The maximum atomic E-state index is 3.49. The summed E-state index contributed by atoms with van der Waals surface area (Å²) < 4.78 is 0. The van der Waals surface area contributed by atoms with Crippen molar-refractivity contribution in [1.82, 2.24) is 4.90 Å². The van der Waals surface area contributed by atoms with Crippen molar-refractivity contribution in [2.24, 2.45) is 0 Å². The minimum Gasteiger partial charge on any atom is -0.369 e. The van der Waals surface area contributed by atoms with Gasteiger partial charge in [0, 0.05) is 43.7 Å². The molecule has 2 nitrogen and oxygen atoms in total. The Labute approximate surface area is 152 Å². The number of hydrogen-bond donors (Lipinski definition) is 0. The maximum Gasteiger partial charge on any atom is 0.0367 e. The van der Waals surface area contributed by atoms with Crippen molar-refractivity contribution in [3.63, 3.8) is 0 Å². The third-order valence-corrected chi connectivity index (χ3v) is 4.72. The third kappa shape index (κ3) is 4.58. The van der Waals surface area contributed by atoms with Crippen LogP contribution in [0.25, 0.3) is 0 Å². The SMILES string of the molecule is Br.BrCc1ccc(CN2CCN(c3ccccc3)CC2)cc1. The van der Waals surface area contributed by atoms with Crippen LogP contribution in [0.4, 0.5) is 5.69 Å². The zero-order valence-corrected chi connectivity index (χ0v) is 15.9. The van der Waals surface area contributed by atoms with E-state index in [0.717, 1.165) is 38.1 Å². The molecule has 0 bridgehead atoms. The highest BCUT2D eigenvalue weighted by molar-refractivity contribution is 9.08. The molecule has 0 radical (unpaired) electrons. The number of hydrogen-bond acceptors (Lipinski definition) is 2. The topological polar surface area (TPSA) is 6.48 Å². The Kier molecular flexibility index (Phi) is 6.93. The highest BCUT2D eigenvalue weighted by Crippen LogP contribution is 2.17. The lowest BCUT2D eigenvalue weighted by Gasteiger charge is -2.36. The first-order valence-electron chi connectivity index (χ1n) is 7.51. The molecule has 0 saturated carbocycles. The molecule has 1 heterocycles. The largest absolute Gasteiger partial charge is 0.369 e. The molecule has 2 aromatic rings. The smallest absolute Gasteiger partial charge is 0.0367 e. The van der Waals surface area contributed by atoms with Crippen LogP contribution in [0.1, 0.15) is 11.1 Å². The van der Waals surface area contributed by atoms with Gasteiger partial charge in [-0.2, -0.15) is 0 Å². The van der Waals surface area contributed by atoms with E-state index in [9.17, 15) is 0 Å². The van der Waals surface area contributed by atoms with Gasteiger partial charge in [0.05, 0.1) is 0 Å². The number of benzene rings is 2. The standard InChI is InChI=1S/C18H21BrN2.BrH/c19-14-16-6-8-17(9-7-16)15-20-10-12-21(13-11-20)18-4-2-1-3-5-18;/h1-9H,10-15H2;1H. The minimum absolute atomic E-state index is 0. The Morgan fingerprint density at radius 1 is 0.773 bits per heavy atom. The molecule has 0 N–H and O–H groups in total. The van der Waals surface area contributed by atoms with Crippen molar-refractivity contribution >= 4 is 38.6 Å². The Morgan fingerprint density at radius 2 is 1.36 bits per heavy atom. The molecule has 3 rings (SSSR count). The van der Waals surface area contributed by atoms with Gasteiger partial charge in [-0.15, -0.1) is 17.0 Å². The van der Waals surface area contributed by atoms with Crippen molar-refractivity contribution in [2.45, 2.75) is 11.9 Å². The molecule has 0 atom stereocenters. The molecular formula is C18H22Br2N2. The second-order valence-corrected chi connectivity index (χ2v) is 6.11. The fourth-order valence-electron chi connectivity index (χ4n) is 2.79. The van der Waals surface area contributed by atoms with Crippen LogP contribution in [0.5, 0.6) is 0 Å². The number of para-hydroxylation sites is 1. The molecule has 1 aliphatic rings. The fourth-order valence-corrected chi connectivity index (χ4v) is 3.17. The first kappa shape index (κ1) is 17.5. The molecule has 2 aromatic carbocycles. The normalized spacial score (nSPS) is 15.4. The average molecular weight is 426 g/mol. The Bertz CT molecular complexity index is 549. The van der Waals surface area contributed by atoms with Crippen LogP contribution in [0.2, 0.25) is 0 Å². The number of piperazine rings is 1. The van der Waals surface area contributed by atoms with E-state index < -0.39 is 0 Å². The first-order valence-corrected chi connectivity index (χ1v) is 8.63. The van der Waals surface area contributed by atoms with E-state index in [1.54, 1.807) is 0 Å². The summed E-state index contributed by atoms with van der Waals surface area (Å²) in [6, 6.07) is 19.6. The highest BCUT2D eigenvalue weighted by Gasteiger charge is 2.16. The van der Waals surface area contributed by atoms with Crippen LogP contribution < -0.4 is 4.90 Å². The van der Waals surface area contributed by atoms with Gasteiger partial charge in [0.15, 0.2) is 0 Å². The van der Waals surface area contributed by atoms with Gasteiger partial charge in [-0.3, -0.25) is 4.90 Å². The number of nitrogens with zero attached hydrogens (tertiary/aromatic N) is 2. The lowest BCUT2D eigenvalue weighted by atomic mass is 10.1. The fraction of sp³-hybridized carbons (Fsp3) is 0.333. The van der Waals surface area contributed by atoms with E-state index in [1.165, 1.54) is 16.8 Å². The Morgan fingerprint density at radius 3 is 1.95 bits per heavy atom. The van der Waals surface area contributed by atoms with E-state index in [2.05, 4.69) is 80.3 Å². The van der Waals surface area contributed by atoms with Crippen LogP contribution in [-0.4, -0.2) is 31.1 Å². The van der Waals surface area contributed by atoms with Gasteiger partial charge in [0.2, 0.25) is 0 Å². The summed E-state index contributed by atoms with van der Waals surface area (Å²) in [6.07, 6.45) is 0. The average Bonchev–Trinajstić information content (AvgIpc) is 2.57. The minimum atomic E-state index is 0. The van der Waals surface area contributed by atoms with Crippen LogP contribution in [0.15, 0.2) is 54.6 Å². The van der Waals surface area contributed by atoms with Crippen molar-refractivity contribution in [1.29, 1.82) is 0 Å². The van der Waals surface area contributed by atoms with Crippen molar-refractivity contribution in [2.75, 3.05) is 31.1 Å². The van der Waals surface area contributed by atoms with Gasteiger partial charge in [-0.05, 0) is 23.3 Å². The summed E-state index contributed by atoms with van der Waals surface area (Å²) in [5.41, 5.74) is 4.10. The van der Waals surface area contributed by atoms with Gasteiger partial charge in [0.1, 0.15) is 0 Å². The van der Waals surface area contributed by atoms with Gasteiger partial charge < -0.3 is 4.90 Å². The second-order valence-electron chi connectivity index (χ2n) is 5.55. The molecule has 118 valence electrons. The quantitative estimate of drug-likeness (QED) is 0.666. The highest BCUT2D eigenvalue weighted by atomic mass is 79.9. The van der Waals surface area contributed by atoms with Crippen LogP contribution in [-0.2, 0) is 11.9 Å². The van der Waals surface area contributed by atoms with Crippen LogP contribution in [0, 0.1) is 0 Å². The van der Waals surface area contributed by atoms with Crippen molar-refractivity contribution in [3.05, 3.63) is 65.7 Å². The molecule has 1 saturated heterocycles. The Balaban J connectivity index is 0.00000176. The first-order chi connectivity index (χ1) is 10.3. The van der Waals surface area contributed by atoms with E-state index >= 15 is 0 Å². The molecule has 0 amide bonds. The summed E-state index contributed by atoms with van der Waals surface area (Å²) in [5.74, 6) is 0. The molecule has 4 heteroatoms. The molecule has 1 aliphatic heterocycles. The predicted molar refractivity (Wildman–Crippen MR) is 103 cm³/mol. The summed E-state index contributed by atoms with van der Waals surface area (Å²) >= 11 is 3.49. The zero-order valence-electron chi connectivity index (χ0n) is 12.6. The van der Waals surface area contributed by atoms with E-state index in [-0.39, 0.29) is 17.0 Å². The van der Waals surface area contributed by atoms with Crippen LogP contribution in [0.3, 0.4) is 0 Å². The third-order valence-electron chi connectivity index (χ3n) is 4.08. The Hall–Kier alpha value is -0.840. The monoisotopic (exact) mass is 424 g/mol. The molecule has 22 heavy (non-hydrogen) atoms. The molecule has 0 unspecified atom stereocenters. The number of anilines is 1. The molecule has 0 aromatic heterocycles. The summed E-state index contributed by atoms with van der Waals surface area (Å²) in [5, 5.41) is 0.934. The summed E-state index contributed by atoms with van der Waals surface area (Å²) in [6.45, 7) is 5.56. The van der Waals surface area contributed by atoms with Gasteiger partial charge >= 0.3 is 0 Å². The summed E-state index contributed by atoms with van der Waals surface area (Å²) in [7, 11) is 0. The maximum absolute atomic E-state index is 3.49. The van der Waals surface area contributed by atoms with Crippen molar-refractivity contribution in [3.8, 4) is 0 Å². The van der Waals surface area contributed by atoms with E-state index in [4.69, 9.17) is 0 Å². The lowest BCUT2D eigenvalue weighted by molar-refractivity contribution is 0.250. The lowest BCUT2D eigenvalue weighted by Crippen LogP contribution is -2.45. The zero-order chi connectivity index (χ0) is 14.5. The van der Waals surface area contributed by atoms with Gasteiger partial charge in [0.25, 0.3) is 0 Å². The summed E-state index contributed by atoms with van der Waals surface area (Å²) in [4.78, 5) is 5.02. The van der Waals surface area contributed by atoms with Crippen LogP contribution >= 0.6 is 32.9 Å². The van der Waals surface area contributed by atoms with E-state index in [0.29, 0.717) is 0 Å². The van der Waals surface area contributed by atoms with Gasteiger partial charge in [-0.25, -0.2) is 0 Å². The molecule has 0 spiro atoms. The predicted octanol–water partition coefficient (Wildman–Crippen LogP) is 4.48. The second kappa shape index (κ2) is 8.70. The van der Waals surface area contributed by atoms with Gasteiger partial charge in [-0.1, -0.05) is 58.4 Å². The molecule has 0 aliphatic carbocycles. The number of halogens is 2. The molecule has 1 fully saturated rings.